The molecule has 2 rings (SSSR count). The lowest BCUT2D eigenvalue weighted by atomic mass is 9.96. The molecule has 0 spiro atoms. The van der Waals surface area contributed by atoms with Crippen molar-refractivity contribution in [2.45, 2.75) is 25.6 Å². The number of rotatable bonds is 8. The summed E-state index contributed by atoms with van der Waals surface area (Å²) in [6, 6.07) is 14.0. The number of methoxy groups -OCH3 is 1. The number of amides is 1. The summed E-state index contributed by atoms with van der Waals surface area (Å²) in [5.74, 6) is 1.87. The first-order valence-electron chi connectivity index (χ1n) is 8.25. The zero-order valence-electron chi connectivity index (χ0n) is 14.8. The van der Waals surface area contributed by atoms with Gasteiger partial charge in [-0.1, -0.05) is 38.1 Å². The number of nitrogens with one attached hydrogen (secondary N) is 1. The first kappa shape index (κ1) is 19.3. The maximum atomic E-state index is 13.1. The van der Waals surface area contributed by atoms with Crippen molar-refractivity contribution < 1.29 is 13.9 Å². The van der Waals surface area contributed by atoms with E-state index in [1.165, 1.54) is 12.1 Å². The van der Waals surface area contributed by atoms with Crippen LogP contribution in [0.1, 0.15) is 31.0 Å². The molecule has 3 nitrogen and oxygen atoms in total. The number of carbonyl (C=O) groups excluding carboxylic acids is 1. The summed E-state index contributed by atoms with van der Waals surface area (Å²) in [6.07, 6.45) is 0. The Hall–Kier alpha value is -2.01. The van der Waals surface area contributed by atoms with Crippen molar-refractivity contribution in [2.75, 3.05) is 12.9 Å². The summed E-state index contributed by atoms with van der Waals surface area (Å²) in [4.78, 5) is 12.3. The van der Waals surface area contributed by atoms with Crippen LogP contribution in [0.2, 0.25) is 0 Å². The zero-order chi connectivity index (χ0) is 18.2. The second-order valence-electron chi connectivity index (χ2n) is 6.19. The number of halogens is 1. The molecule has 2 aromatic rings. The van der Waals surface area contributed by atoms with Gasteiger partial charge in [0.1, 0.15) is 11.6 Å². The lowest BCUT2D eigenvalue weighted by Gasteiger charge is -2.23. The molecule has 0 fully saturated rings. The highest BCUT2D eigenvalue weighted by Gasteiger charge is 2.18. The molecule has 25 heavy (non-hydrogen) atoms. The third-order valence-electron chi connectivity index (χ3n) is 3.85. The van der Waals surface area contributed by atoms with Gasteiger partial charge in [0.15, 0.2) is 0 Å². The summed E-state index contributed by atoms with van der Waals surface area (Å²) in [6.45, 7) is 4.08. The van der Waals surface area contributed by atoms with Crippen molar-refractivity contribution in [2.24, 2.45) is 5.92 Å². The van der Waals surface area contributed by atoms with Crippen molar-refractivity contribution >= 4 is 17.7 Å². The van der Waals surface area contributed by atoms with Gasteiger partial charge in [0.05, 0.1) is 18.9 Å². The molecule has 0 saturated heterocycles. The molecular weight excluding hydrogens is 337 g/mol. The van der Waals surface area contributed by atoms with E-state index in [9.17, 15) is 9.18 Å². The molecule has 0 aliphatic rings. The molecule has 0 aromatic heterocycles. The summed E-state index contributed by atoms with van der Waals surface area (Å²) in [7, 11) is 1.64. The molecule has 1 unspecified atom stereocenters. The van der Waals surface area contributed by atoms with E-state index in [-0.39, 0.29) is 23.7 Å². The van der Waals surface area contributed by atoms with E-state index in [1.807, 2.05) is 38.1 Å². The van der Waals surface area contributed by atoms with Crippen LogP contribution in [-0.4, -0.2) is 18.8 Å². The van der Waals surface area contributed by atoms with E-state index in [4.69, 9.17) is 4.74 Å². The van der Waals surface area contributed by atoms with Gasteiger partial charge >= 0.3 is 0 Å². The lowest BCUT2D eigenvalue weighted by molar-refractivity contribution is -0.119. The van der Waals surface area contributed by atoms with Crippen molar-refractivity contribution in [3.63, 3.8) is 0 Å². The number of ether oxygens (including phenoxy) is 1. The highest BCUT2D eigenvalue weighted by molar-refractivity contribution is 7.99. The second-order valence-corrected chi connectivity index (χ2v) is 7.17. The van der Waals surface area contributed by atoms with Gasteiger partial charge in [-0.25, -0.2) is 4.39 Å². The minimum Gasteiger partial charge on any atom is -0.497 e. The van der Waals surface area contributed by atoms with E-state index in [0.29, 0.717) is 5.75 Å². The first-order chi connectivity index (χ1) is 12.0. The number of benzene rings is 2. The van der Waals surface area contributed by atoms with E-state index in [0.717, 1.165) is 22.6 Å². The molecule has 0 aliphatic carbocycles. The van der Waals surface area contributed by atoms with Crippen molar-refractivity contribution in [3.05, 3.63) is 65.5 Å². The molecule has 134 valence electrons. The molecule has 0 saturated carbocycles. The molecule has 5 heteroatoms. The third-order valence-corrected chi connectivity index (χ3v) is 4.85. The average molecular weight is 361 g/mol. The molecule has 1 N–H and O–H groups in total. The molecule has 1 atom stereocenters. The molecule has 0 aliphatic heterocycles. The fourth-order valence-corrected chi connectivity index (χ4v) is 3.33. The van der Waals surface area contributed by atoms with Gasteiger partial charge in [0.2, 0.25) is 5.91 Å². The van der Waals surface area contributed by atoms with Crippen LogP contribution in [0, 0.1) is 11.7 Å². The van der Waals surface area contributed by atoms with Gasteiger partial charge in [-0.05, 0) is 41.3 Å². The highest BCUT2D eigenvalue weighted by Crippen LogP contribution is 2.23. The van der Waals surface area contributed by atoms with Crippen LogP contribution in [0.4, 0.5) is 4.39 Å². The van der Waals surface area contributed by atoms with Gasteiger partial charge < -0.3 is 10.1 Å². The van der Waals surface area contributed by atoms with Gasteiger partial charge in [-0.2, -0.15) is 0 Å². The maximum absolute atomic E-state index is 13.1. The van der Waals surface area contributed by atoms with E-state index >= 15 is 0 Å². The average Bonchev–Trinajstić information content (AvgIpc) is 2.60. The molecule has 2 aromatic carbocycles. The smallest absolute Gasteiger partial charge is 0.230 e. The monoisotopic (exact) mass is 361 g/mol. The minimum absolute atomic E-state index is 0.0177. The van der Waals surface area contributed by atoms with Crippen LogP contribution < -0.4 is 10.1 Å². The van der Waals surface area contributed by atoms with Crippen molar-refractivity contribution in [3.8, 4) is 5.75 Å². The highest BCUT2D eigenvalue weighted by atomic mass is 32.2. The Morgan fingerprint density at radius 3 is 2.56 bits per heavy atom. The summed E-state index contributed by atoms with van der Waals surface area (Å²) in [5.41, 5.74) is 2.04. The second kappa shape index (κ2) is 9.47. The number of thioether (sulfide) groups is 1. The quantitative estimate of drug-likeness (QED) is 0.748. The fourth-order valence-electron chi connectivity index (χ4n) is 2.54. The molecule has 0 radical (unpaired) electrons. The van der Waals surface area contributed by atoms with E-state index in [1.54, 1.807) is 31.0 Å². The Labute approximate surface area is 153 Å². The van der Waals surface area contributed by atoms with Crippen molar-refractivity contribution in [1.82, 2.24) is 5.32 Å². The van der Waals surface area contributed by atoms with E-state index < -0.39 is 0 Å². The maximum Gasteiger partial charge on any atom is 0.230 e. The van der Waals surface area contributed by atoms with Crippen LogP contribution in [0.5, 0.6) is 5.75 Å². The summed E-state index contributed by atoms with van der Waals surface area (Å²) >= 11 is 1.56. The van der Waals surface area contributed by atoms with Crippen LogP contribution in [0.3, 0.4) is 0 Å². The number of hydrogen-bond acceptors (Lipinski definition) is 3. The lowest BCUT2D eigenvalue weighted by Crippen LogP contribution is -2.33. The SMILES string of the molecule is COc1cccc(CSCC(=O)NC(c2ccc(F)cc2)C(C)C)c1. The normalized spacial score (nSPS) is 12.0. The van der Waals surface area contributed by atoms with Gasteiger partial charge in [-0.15, -0.1) is 11.8 Å². The van der Waals surface area contributed by atoms with Gasteiger partial charge in [0.25, 0.3) is 0 Å². The fraction of sp³-hybridized carbons (Fsp3) is 0.350. The van der Waals surface area contributed by atoms with Crippen LogP contribution in [0.15, 0.2) is 48.5 Å². The summed E-state index contributed by atoms with van der Waals surface area (Å²) in [5, 5.41) is 3.05. The number of hydrogen-bond donors (Lipinski definition) is 1. The molecular formula is C20H24FNO2S. The first-order valence-corrected chi connectivity index (χ1v) is 9.40. The molecule has 0 heterocycles. The van der Waals surface area contributed by atoms with Crippen molar-refractivity contribution in [1.29, 1.82) is 0 Å². The Bertz CT molecular complexity index is 688. The van der Waals surface area contributed by atoms with E-state index in [2.05, 4.69) is 5.32 Å². The summed E-state index contributed by atoms with van der Waals surface area (Å²) < 4.78 is 18.3. The predicted octanol–water partition coefficient (Wildman–Crippen LogP) is 4.58. The van der Waals surface area contributed by atoms with Crippen LogP contribution >= 0.6 is 11.8 Å². The van der Waals surface area contributed by atoms with Gasteiger partial charge in [0, 0.05) is 5.75 Å². The number of carbonyl (C=O) groups is 1. The zero-order valence-corrected chi connectivity index (χ0v) is 15.6. The van der Waals surface area contributed by atoms with Crippen LogP contribution in [-0.2, 0) is 10.5 Å². The predicted molar refractivity (Wildman–Crippen MR) is 101 cm³/mol. The Morgan fingerprint density at radius 1 is 1.20 bits per heavy atom. The van der Waals surface area contributed by atoms with Gasteiger partial charge in [-0.3, -0.25) is 4.79 Å². The minimum atomic E-state index is -0.272. The largest absolute Gasteiger partial charge is 0.497 e. The topological polar surface area (TPSA) is 38.3 Å². The standard InChI is InChI=1S/C20H24FNO2S/c1-14(2)20(16-7-9-17(21)10-8-16)22-19(23)13-25-12-15-5-4-6-18(11-15)24-3/h4-11,14,20H,12-13H2,1-3H3,(H,22,23). The van der Waals surface area contributed by atoms with Crippen LogP contribution in [0.25, 0.3) is 0 Å². The Balaban J connectivity index is 1.87. The molecule has 0 bridgehead atoms. The Morgan fingerprint density at radius 2 is 1.92 bits per heavy atom. The molecule has 1 amide bonds. The third kappa shape index (κ3) is 6.09. The Kier molecular flexibility index (Phi) is 7.31.